The number of nitrogen functional groups attached to an aromatic ring is 1. The van der Waals surface area contributed by atoms with Crippen molar-refractivity contribution in [2.24, 2.45) is 12.2 Å². The molecule has 0 radical (unpaired) electrons. The summed E-state index contributed by atoms with van der Waals surface area (Å²) >= 11 is 5.50. The summed E-state index contributed by atoms with van der Waals surface area (Å²) in [6.45, 7) is 0. The van der Waals surface area contributed by atoms with Crippen molar-refractivity contribution in [1.29, 1.82) is 0 Å². The highest BCUT2D eigenvalue weighted by molar-refractivity contribution is 8.02. The number of thioether (sulfide) groups is 2. The lowest BCUT2D eigenvalue weighted by Gasteiger charge is -2.49. The minimum atomic E-state index is -1.19. The molecule has 2 aliphatic heterocycles. The van der Waals surface area contributed by atoms with Gasteiger partial charge in [0.2, 0.25) is 0 Å². The first-order valence-electron chi connectivity index (χ1n) is 10.7. The second-order valence-electron chi connectivity index (χ2n) is 7.94. The number of carboxylic acid groups (broad SMARTS) is 1. The Labute approximate surface area is 226 Å². The molecule has 2 atom stereocenters. The number of hydrogen-bond acceptors (Lipinski definition) is 12. The highest BCUT2D eigenvalue weighted by Gasteiger charge is 2.54. The van der Waals surface area contributed by atoms with E-state index < -0.39 is 29.2 Å². The lowest BCUT2D eigenvalue weighted by Crippen LogP contribution is -2.71. The third-order valence-electron chi connectivity index (χ3n) is 5.52. The molecule has 0 saturated carbocycles. The molecule has 3 aromatic heterocycles. The molecule has 0 spiro atoms. The number of fused-ring (bicyclic) bond motifs is 2. The summed E-state index contributed by atoms with van der Waals surface area (Å²) in [7, 11) is 3.21. The second-order valence-corrected chi connectivity index (χ2v) is 12.2. The van der Waals surface area contributed by atoms with Gasteiger partial charge in [0.25, 0.3) is 11.8 Å². The number of carbonyl (C=O) groups is 3. The fourth-order valence-corrected chi connectivity index (χ4v) is 7.93. The Bertz CT molecular complexity index is 1480. The molecule has 2 amide bonds. The van der Waals surface area contributed by atoms with Crippen molar-refractivity contribution in [3.8, 4) is 0 Å². The van der Waals surface area contributed by atoms with Gasteiger partial charge in [0.05, 0.1) is 4.70 Å². The highest BCUT2D eigenvalue weighted by Crippen LogP contribution is 2.42. The first kappa shape index (κ1) is 25.4. The van der Waals surface area contributed by atoms with E-state index in [-0.39, 0.29) is 22.2 Å². The molecule has 37 heavy (non-hydrogen) atoms. The third-order valence-corrected chi connectivity index (χ3v) is 9.80. The van der Waals surface area contributed by atoms with E-state index in [9.17, 15) is 19.5 Å². The number of carboxylic acids is 1. The Morgan fingerprint density at radius 2 is 2.24 bits per heavy atom. The molecular weight excluding hydrogens is 559 g/mol. The first-order chi connectivity index (χ1) is 17.8. The van der Waals surface area contributed by atoms with Gasteiger partial charge >= 0.3 is 5.97 Å². The van der Waals surface area contributed by atoms with Gasteiger partial charge in [0.1, 0.15) is 42.5 Å². The highest BCUT2D eigenvalue weighted by atomic mass is 32.2. The first-order valence-corrected chi connectivity index (χ1v) is 14.4. The van der Waals surface area contributed by atoms with Crippen LogP contribution in [0, 0.1) is 0 Å². The number of amides is 2. The Balaban J connectivity index is 1.31. The lowest BCUT2D eigenvalue weighted by atomic mass is 10.0. The summed E-state index contributed by atoms with van der Waals surface area (Å²) in [4.78, 5) is 52.7. The molecule has 2 aliphatic rings. The van der Waals surface area contributed by atoms with Crippen LogP contribution in [0.2, 0.25) is 0 Å². The molecule has 4 N–H and O–H groups in total. The van der Waals surface area contributed by atoms with Gasteiger partial charge in [-0.2, -0.15) is 0 Å². The summed E-state index contributed by atoms with van der Waals surface area (Å²) in [5, 5.41) is 17.6. The molecule has 5 heterocycles. The van der Waals surface area contributed by atoms with Crippen LogP contribution in [0.1, 0.15) is 5.69 Å². The number of nitrogens with one attached hydrogen (secondary N) is 1. The van der Waals surface area contributed by atoms with E-state index in [1.807, 2.05) is 30.1 Å². The fraction of sp³-hybridized carbons (Fsp3) is 0.286. The van der Waals surface area contributed by atoms with E-state index in [2.05, 4.69) is 20.4 Å². The van der Waals surface area contributed by atoms with E-state index >= 15 is 0 Å². The summed E-state index contributed by atoms with van der Waals surface area (Å²) in [6, 6.07) is 1.07. The maximum absolute atomic E-state index is 13.0. The summed E-state index contributed by atoms with van der Waals surface area (Å²) in [5.74, 6) is -1.58. The van der Waals surface area contributed by atoms with Crippen LogP contribution in [0.15, 0.2) is 44.6 Å². The molecule has 0 aliphatic carbocycles. The number of rotatable bonds is 8. The number of thiazole rings is 2. The van der Waals surface area contributed by atoms with Crippen LogP contribution in [-0.4, -0.2) is 73.5 Å². The van der Waals surface area contributed by atoms with Gasteiger partial charge in [-0.15, -0.1) is 34.4 Å². The van der Waals surface area contributed by atoms with Crippen LogP contribution in [0.4, 0.5) is 5.13 Å². The van der Waals surface area contributed by atoms with Crippen LogP contribution >= 0.6 is 46.2 Å². The third kappa shape index (κ3) is 4.88. The molecule has 0 aromatic carbocycles. The van der Waals surface area contributed by atoms with Crippen LogP contribution < -0.4 is 15.6 Å². The smallest absolute Gasteiger partial charge is 0.352 e. The number of hydrogen-bond donors (Lipinski definition) is 3. The topological polar surface area (TPSA) is 164 Å². The van der Waals surface area contributed by atoms with Gasteiger partial charge < -0.3 is 21.0 Å². The van der Waals surface area contributed by atoms with E-state index in [0.717, 1.165) is 25.9 Å². The van der Waals surface area contributed by atoms with Gasteiger partial charge in [-0.1, -0.05) is 16.9 Å². The molecule has 5 rings (SSSR count). The Morgan fingerprint density at radius 1 is 1.43 bits per heavy atom. The van der Waals surface area contributed by atoms with Crippen LogP contribution in [0.3, 0.4) is 0 Å². The van der Waals surface area contributed by atoms with Gasteiger partial charge in [-0.25, -0.2) is 19.3 Å². The normalized spacial score (nSPS) is 19.6. The predicted molar refractivity (Wildman–Crippen MR) is 141 cm³/mol. The number of β-lactam (4-membered cyclic amide) rings is 1. The maximum atomic E-state index is 13.0. The average Bonchev–Trinajstić information content (AvgIpc) is 3.48. The van der Waals surface area contributed by atoms with Crippen LogP contribution in [0.5, 0.6) is 0 Å². The number of nitrogens with zero attached hydrogens (tertiary/aromatic N) is 5. The molecule has 12 nitrogen and oxygen atoms in total. The van der Waals surface area contributed by atoms with Gasteiger partial charge in [-0.3, -0.25) is 14.5 Å². The average molecular weight is 579 g/mol. The molecule has 16 heteroatoms. The van der Waals surface area contributed by atoms with Crippen molar-refractivity contribution in [1.82, 2.24) is 20.2 Å². The van der Waals surface area contributed by atoms with Crippen LogP contribution in [0.25, 0.3) is 10.2 Å². The lowest BCUT2D eigenvalue weighted by molar-refractivity contribution is -0.670. The summed E-state index contributed by atoms with van der Waals surface area (Å²) in [6.07, 6.45) is 3.87. The molecule has 0 bridgehead atoms. The predicted octanol–water partition coefficient (Wildman–Crippen LogP) is 1.04. The maximum Gasteiger partial charge on any atom is 0.352 e. The van der Waals surface area contributed by atoms with Crippen LogP contribution in [-0.2, 0) is 26.3 Å². The van der Waals surface area contributed by atoms with Gasteiger partial charge in [-0.05, 0) is 5.57 Å². The number of aliphatic carboxylic acids is 1. The molecule has 1 unspecified atom stereocenters. The SMILES string of the molecule is CON=C(C(=O)NC1C(=O)N2C(C(=O)O)=C(CSc3nc4c[n+](C)ccc4s3)CS[C@@H]12)c1csc(N)n1. The van der Waals surface area contributed by atoms with E-state index in [0.29, 0.717) is 17.1 Å². The van der Waals surface area contributed by atoms with E-state index in [1.165, 1.54) is 46.9 Å². The van der Waals surface area contributed by atoms with Crippen molar-refractivity contribution in [3.05, 3.63) is 40.8 Å². The largest absolute Gasteiger partial charge is 0.477 e. The van der Waals surface area contributed by atoms with Crippen molar-refractivity contribution in [2.75, 3.05) is 24.3 Å². The molecular formula is C21H20N7O5S4+. The summed E-state index contributed by atoms with van der Waals surface area (Å²) < 4.78 is 3.78. The minimum absolute atomic E-state index is 0.0442. The van der Waals surface area contributed by atoms with Crippen molar-refractivity contribution < 1.29 is 28.9 Å². The van der Waals surface area contributed by atoms with Gasteiger partial charge in [0, 0.05) is 23.0 Å². The number of nitrogens with two attached hydrogens (primary N) is 1. The number of carbonyl (C=O) groups excluding carboxylic acids is 2. The second kappa shape index (κ2) is 10.3. The Kier molecular flexibility index (Phi) is 7.06. The molecule has 1 saturated heterocycles. The van der Waals surface area contributed by atoms with Crippen molar-refractivity contribution in [2.45, 2.75) is 15.8 Å². The number of aryl methyl sites for hydroxylation is 1. The zero-order valence-electron chi connectivity index (χ0n) is 19.4. The Hall–Kier alpha value is -3.21. The monoisotopic (exact) mass is 578 g/mol. The van der Waals surface area contributed by atoms with Crippen molar-refractivity contribution >= 4 is 85.0 Å². The number of oxime groups is 1. The minimum Gasteiger partial charge on any atom is -0.477 e. The van der Waals surface area contributed by atoms with Crippen molar-refractivity contribution in [3.63, 3.8) is 0 Å². The Morgan fingerprint density at radius 3 is 2.95 bits per heavy atom. The number of aromatic nitrogens is 3. The molecule has 3 aromatic rings. The zero-order chi connectivity index (χ0) is 26.3. The van der Waals surface area contributed by atoms with Gasteiger partial charge in [0.15, 0.2) is 27.6 Å². The molecule has 192 valence electrons. The summed E-state index contributed by atoms with van der Waals surface area (Å²) in [5.41, 5.74) is 7.20. The zero-order valence-corrected chi connectivity index (χ0v) is 22.7. The number of anilines is 1. The van der Waals surface area contributed by atoms with E-state index in [4.69, 9.17) is 10.6 Å². The number of pyridine rings is 1. The van der Waals surface area contributed by atoms with E-state index in [1.54, 1.807) is 5.38 Å². The quantitative estimate of drug-likeness (QED) is 0.116. The fourth-order valence-electron chi connectivity index (χ4n) is 3.86. The standard InChI is InChI=1S/C21H19N7O5S4/c1-27-4-3-12-10(5-27)24-21(37-12)36-7-9-6-34-18-14(17(30)28(18)15(9)19(31)32)25-16(29)13(26-33-2)11-8-35-20(22)23-11/h3-5,8,14,18H,6-7H2,1-2H3,(H3-,22,23,25,29,31,32)/p+1/t14?,18-/m0/s1. The molecule has 1 fully saturated rings.